The Balaban J connectivity index is 2.16. The quantitative estimate of drug-likeness (QED) is 0.634. The Labute approximate surface area is 127 Å². The third-order valence-electron chi connectivity index (χ3n) is 4.54. The lowest BCUT2D eigenvalue weighted by Gasteiger charge is -2.35. The molecule has 0 aliphatic carbocycles. The maximum absolute atomic E-state index is 3.84. The summed E-state index contributed by atoms with van der Waals surface area (Å²) in [6.45, 7) is 16.8. The number of rotatable bonds is 9. The molecule has 1 saturated heterocycles. The molecule has 1 fully saturated rings. The van der Waals surface area contributed by atoms with E-state index in [1.807, 2.05) is 0 Å². The van der Waals surface area contributed by atoms with Gasteiger partial charge < -0.3 is 10.2 Å². The van der Waals surface area contributed by atoms with Gasteiger partial charge in [0.05, 0.1) is 0 Å². The van der Waals surface area contributed by atoms with Crippen LogP contribution < -0.4 is 5.32 Å². The fourth-order valence-corrected chi connectivity index (χ4v) is 3.20. The second kappa shape index (κ2) is 9.04. The van der Waals surface area contributed by atoms with Gasteiger partial charge in [-0.05, 0) is 43.7 Å². The summed E-state index contributed by atoms with van der Waals surface area (Å²) in [7, 11) is 0. The zero-order chi connectivity index (χ0) is 15.0. The molecule has 0 radical (unpaired) electrons. The largest absolute Gasteiger partial charge is 0.313 e. The molecular weight excluding hydrogens is 244 g/mol. The summed E-state index contributed by atoms with van der Waals surface area (Å²) in [5, 5.41) is 3.84. The van der Waals surface area contributed by atoms with Gasteiger partial charge in [-0.3, -0.25) is 0 Å². The molecule has 20 heavy (non-hydrogen) atoms. The van der Waals surface area contributed by atoms with Crippen molar-refractivity contribution in [2.75, 3.05) is 26.2 Å². The molecule has 0 saturated carbocycles. The Morgan fingerprint density at radius 1 is 1.15 bits per heavy atom. The highest BCUT2D eigenvalue weighted by atomic mass is 15.1. The van der Waals surface area contributed by atoms with Gasteiger partial charge in [-0.25, -0.2) is 0 Å². The van der Waals surface area contributed by atoms with E-state index in [0.717, 1.165) is 12.0 Å². The fraction of sp³-hybridized carbons (Fsp3) is 1.00. The SMILES string of the molecule is CCCCCC(C)(C)CNC1CCN(CC(C)C)CC1. The van der Waals surface area contributed by atoms with Crippen LogP contribution in [0.3, 0.4) is 0 Å². The number of unbranched alkanes of at least 4 members (excludes halogenated alkanes) is 2. The van der Waals surface area contributed by atoms with E-state index < -0.39 is 0 Å². The first-order chi connectivity index (χ1) is 9.43. The topological polar surface area (TPSA) is 15.3 Å². The molecule has 0 amide bonds. The highest BCUT2D eigenvalue weighted by Crippen LogP contribution is 2.23. The van der Waals surface area contributed by atoms with Crippen molar-refractivity contribution in [3.05, 3.63) is 0 Å². The van der Waals surface area contributed by atoms with Crippen LogP contribution in [0.5, 0.6) is 0 Å². The highest BCUT2D eigenvalue weighted by molar-refractivity contribution is 4.80. The highest BCUT2D eigenvalue weighted by Gasteiger charge is 2.22. The second-order valence-corrected chi connectivity index (χ2v) is 7.97. The van der Waals surface area contributed by atoms with Gasteiger partial charge >= 0.3 is 0 Å². The maximum Gasteiger partial charge on any atom is 0.00916 e. The predicted molar refractivity (Wildman–Crippen MR) is 90.2 cm³/mol. The molecule has 1 aliphatic heterocycles. The van der Waals surface area contributed by atoms with Crippen molar-refractivity contribution in [1.82, 2.24) is 10.2 Å². The van der Waals surface area contributed by atoms with E-state index in [9.17, 15) is 0 Å². The third-order valence-corrected chi connectivity index (χ3v) is 4.54. The fourth-order valence-electron chi connectivity index (χ4n) is 3.20. The Morgan fingerprint density at radius 2 is 1.80 bits per heavy atom. The van der Waals surface area contributed by atoms with Gasteiger partial charge in [-0.15, -0.1) is 0 Å². The minimum Gasteiger partial charge on any atom is -0.313 e. The molecule has 1 heterocycles. The number of hydrogen-bond donors (Lipinski definition) is 1. The smallest absolute Gasteiger partial charge is 0.00916 e. The molecule has 1 aliphatic rings. The van der Waals surface area contributed by atoms with Crippen LogP contribution in [-0.4, -0.2) is 37.1 Å². The summed E-state index contributed by atoms with van der Waals surface area (Å²) in [6.07, 6.45) is 8.13. The van der Waals surface area contributed by atoms with Crippen LogP contribution in [0.2, 0.25) is 0 Å². The number of nitrogens with one attached hydrogen (secondary N) is 1. The van der Waals surface area contributed by atoms with Crippen LogP contribution in [0.15, 0.2) is 0 Å². The summed E-state index contributed by atoms with van der Waals surface area (Å²) in [5.41, 5.74) is 0.463. The van der Waals surface area contributed by atoms with E-state index in [2.05, 4.69) is 44.8 Å². The lowest BCUT2D eigenvalue weighted by Crippen LogP contribution is -2.45. The van der Waals surface area contributed by atoms with Gasteiger partial charge in [-0.2, -0.15) is 0 Å². The average Bonchev–Trinajstić information content (AvgIpc) is 2.37. The summed E-state index contributed by atoms with van der Waals surface area (Å²) in [4.78, 5) is 2.63. The number of hydrogen-bond acceptors (Lipinski definition) is 2. The second-order valence-electron chi connectivity index (χ2n) is 7.97. The Bertz CT molecular complexity index is 240. The zero-order valence-electron chi connectivity index (χ0n) is 14.7. The first-order valence-electron chi connectivity index (χ1n) is 8.88. The first kappa shape index (κ1) is 18.0. The van der Waals surface area contributed by atoms with E-state index >= 15 is 0 Å². The normalized spacial score (nSPS) is 18.9. The predicted octanol–water partition coefficient (Wildman–Crippen LogP) is 4.30. The van der Waals surface area contributed by atoms with Gasteiger partial charge in [0.1, 0.15) is 0 Å². The number of piperidine rings is 1. The molecule has 0 aromatic carbocycles. The van der Waals surface area contributed by atoms with Crippen LogP contribution in [0.1, 0.15) is 73.1 Å². The summed E-state index contributed by atoms with van der Waals surface area (Å²) < 4.78 is 0. The van der Waals surface area contributed by atoms with Crippen LogP contribution in [-0.2, 0) is 0 Å². The molecule has 0 spiro atoms. The van der Waals surface area contributed by atoms with Crippen molar-refractivity contribution in [3.8, 4) is 0 Å². The molecule has 0 unspecified atom stereocenters. The lowest BCUT2D eigenvalue weighted by atomic mass is 9.86. The summed E-state index contributed by atoms with van der Waals surface area (Å²) in [5.74, 6) is 0.803. The van der Waals surface area contributed by atoms with E-state index in [0.29, 0.717) is 5.41 Å². The number of nitrogens with zero attached hydrogens (tertiary/aromatic N) is 1. The molecule has 2 nitrogen and oxygen atoms in total. The first-order valence-corrected chi connectivity index (χ1v) is 8.88. The van der Waals surface area contributed by atoms with Crippen LogP contribution in [0.25, 0.3) is 0 Å². The third kappa shape index (κ3) is 7.64. The zero-order valence-corrected chi connectivity index (χ0v) is 14.7. The van der Waals surface area contributed by atoms with Crippen molar-refractivity contribution >= 4 is 0 Å². The van der Waals surface area contributed by atoms with Crippen molar-refractivity contribution < 1.29 is 0 Å². The Hall–Kier alpha value is -0.0800. The van der Waals surface area contributed by atoms with Crippen molar-refractivity contribution in [3.63, 3.8) is 0 Å². The van der Waals surface area contributed by atoms with Crippen molar-refractivity contribution in [2.45, 2.75) is 79.2 Å². The maximum atomic E-state index is 3.84. The van der Waals surface area contributed by atoms with Gasteiger partial charge in [-0.1, -0.05) is 53.9 Å². The molecule has 1 rings (SSSR count). The van der Waals surface area contributed by atoms with Crippen molar-refractivity contribution in [1.29, 1.82) is 0 Å². The van der Waals surface area contributed by atoms with Gasteiger partial charge in [0.2, 0.25) is 0 Å². The van der Waals surface area contributed by atoms with Crippen LogP contribution in [0.4, 0.5) is 0 Å². The standard InChI is InChI=1S/C18H38N2/c1-6-7-8-11-18(4,5)15-19-17-9-12-20(13-10-17)14-16(2)3/h16-17,19H,6-15H2,1-5H3. The summed E-state index contributed by atoms with van der Waals surface area (Å²) in [6, 6.07) is 0.754. The van der Waals surface area contributed by atoms with E-state index in [4.69, 9.17) is 0 Å². The van der Waals surface area contributed by atoms with Gasteiger partial charge in [0.15, 0.2) is 0 Å². The number of likely N-dealkylation sites (tertiary alicyclic amines) is 1. The average molecular weight is 283 g/mol. The molecule has 120 valence electrons. The molecule has 0 bridgehead atoms. The Morgan fingerprint density at radius 3 is 2.35 bits per heavy atom. The van der Waals surface area contributed by atoms with Crippen LogP contribution >= 0.6 is 0 Å². The lowest BCUT2D eigenvalue weighted by molar-refractivity contribution is 0.170. The van der Waals surface area contributed by atoms with E-state index in [1.165, 1.54) is 64.7 Å². The van der Waals surface area contributed by atoms with Crippen LogP contribution in [0, 0.1) is 11.3 Å². The monoisotopic (exact) mass is 282 g/mol. The van der Waals surface area contributed by atoms with Gasteiger partial charge in [0.25, 0.3) is 0 Å². The molecule has 1 N–H and O–H groups in total. The molecule has 0 aromatic rings. The summed E-state index contributed by atoms with van der Waals surface area (Å²) >= 11 is 0. The van der Waals surface area contributed by atoms with E-state index in [1.54, 1.807) is 0 Å². The molecule has 0 aromatic heterocycles. The molecule has 0 atom stereocenters. The van der Waals surface area contributed by atoms with E-state index in [-0.39, 0.29) is 0 Å². The minimum atomic E-state index is 0.463. The van der Waals surface area contributed by atoms with Gasteiger partial charge in [0, 0.05) is 19.1 Å². The molecule has 2 heteroatoms. The molecular formula is C18H38N2. The van der Waals surface area contributed by atoms with Crippen molar-refractivity contribution in [2.24, 2.45) is 11.3 Å². The Kier molecular flexibility index (Phi) is 8.13. The minimum absolute atomic E-state index is 0.463.